The fourth-order valence-electron chi connectivity index (χ4n) is 2.54. The summed E-state index contributed by atoms with van der Waals surface area (Å²) >= 11 is 0. The third kappa shape index (κ3) is 3.23. The van der Waals surface area contributed by atoms with Gasteiger partial charge in [-0.15, -0.1) is 0 Å². The molecular formula is C16H16FN5O2. The summed E-state index contributed by atoms with van der Waals surface area (Å²) in [4.78, 5) is 34.0. The molecule has 1 atom stereocenters. The molecule has 7 nitrogen and oxygen atoms in total. The Kier molecular flexibility index (Phi) is 4.22. The second kappa shape index (κ2) is 6.32. The standard InChI is InChI=1S/C16H16FN5O2/c1-9-7-10(2)19-16(18-9)21-20-13-8-14(23)22(15(13)24)12-5-3-11(17)4-6-12/h3-7,13,20H,8H2,1-2H3,(H,18,19,21). The van der Waals surface area contributed by atoms with Gasteiger partial charge in [-0.25, -0.2) is 24.7 Å². The highest BCUT2D eigenvalue weighted by Crippen LogP contribution is 2.23. The Morgan fingerprint density at radius 3 is 2.38 bits per heavy atom. The molecule has 8 heteroatoms. The largest absolute Gasteiger partial charge is 0.289 e. The molecule has 1 saturated heterocycles. The van der Waals surface area contributed by atoms with E-state index in [1.807, 2.05) is 19.9 Å². The topological polar surface area (TPSA) is 87.2 Å². The number of rotatable bonds is 4. The fourth-order valence-corrected chi connectivity index (χ4v) is 2.54. The van der Waals surface area contributed by atoms with Crippen LogP contribution < -0.4 is 15.8 Å². The minimum Gasteiger partial charge on any atom is -0.289 e. The van der Waals surface area contributed by atoms with Gasteiger partial charge in [0.15, 0.2) is 0 Å². The zero-order chi connectivity index (χ0) is 17.3. The van der Waals surface area contributed by atoms with Crippen LogP contribution >= 0.6 is 0 Å². The van der Waals surface area contributed by atoms with Crippen LogP contribution in [0.25, 0.3) is 0 Å². The predicted molar refractivity (Wildman–Crippen MR) is 85.6 cm³/mol. The van der Waals surface area contributed by atoms with E-state index in [-0.39, 0.29) is 12.3 Å². The smallest absolute Gasteiger partial charge is 0.253 e. The van der Waals surface area contributed by atoms with Gasteiger partial charge in [0.05, 0.1) is 12.1 Å². The van der Waals surface area contributed by atoms with Crippen LogP contribution in [0.1, 0.15) is 17.8 Å². The number of aromatic nitrogens is 2. The maximum absolute atomic E-state index is 13.0. The van der Waals surface area contributed by atoms with E-state index in [2.05, 4.69) is 20.8 Å². The van der Waals surface area contributed by atoms with Crippen LogP contribution in [0.2, 0.25) is 0 Å². The number of aryl methyl sites for hydroxylation is 2. The lowest BCUT2D eigenvalue weighted by molar-refractivity contribution is -0.121. The number of carbonyl (C=O) groups is 2. The third-order valence-corrected chi connectivity index (χ3v) is 3.57. The lowest BCUT2D eigenvalue weighted by Crippen LogP contribution is -2.41. The highest BCUT2D eigenvalue weighted by Gasteiger charge is 2.39. The monoisotopic (exact) mass is 329 g/mol. The molecule has 124 valence electrons. The van der Waals surface area contributed by atoms with Crippen molar-refractivity contribution in [3.8, 4) is 0 Å². The van der Waals surface area contributed by atoms with E-state index < -0.39 is 17.8 Å². The minimum absolute atomic E-state index is 0.00594. The van der Waals surface area contributed by atoms with Crippen molar-refractivity contribution in [1.29, 1.82) is 0 Å². The van der Waals surface area contributed by atoms with Crippen LogP contribution in [0, 0.1) is 19.7 Å². The third-order valence-electron chi connectivity index (χ3n) is 3.57. The quantitative estimate of drug-likeness (QED) is 0.653. The lowest BCUT2D eigenvalue weighted by Gasteiger charge is -2.16. The van der Waals surface area contributed by atoms with Gasteiger partial charge in [0.25, 0.3) is 5.91 Å². The molecule has 0 radical (unpaired) electrons. The number of hydrogen-bond donors (Lipinski definition) is 2. The second-order valence-electron chi connectivity index (χ2n) is 5.54. The first kappa shape index (κ1) is 16.0. The summed E-state index contributed by atoms with van der Waals surface area (Å²) in [6, 6.07) is 6.29. The maximum Gasteiger partial charge on any atom is 0.253 e. The molecule has 2 N–H and O–H groups in total. The zero-order valence-corrected chi connectivity index (χ0v) is 13.2. The number of hydrazine groups is 1. The molecule has 1 aliphatic heterocycles. The van der Waals surface area contributed by atoms with Crippen molar-refractivity contribution in [2.75, 3.05) is 10.3 Å². The van der Waals surface area contributed by atoms with Gasteiger partial charge in [-0.05, 0) is 44.2 Å². The van der Waals surface area contributed by atoms with Crippen molar-refractivity contribution in [3.05, 3.63) is 47.5 Å². The summed E-state index contributed by atoms with van der Waals surface area (Å²) in [5.41, 5.74) is 7.47. The van der Waals surface area contributed by atoms with Crippen LogP contribution in [-0.4, -0.2) is 27.8 Å². The Bertz CT molecular complexity index is 773. The SMILES string of the molecule is Cc1cc(C)nc(NNC2CC(=O)N(c3ccc(F)cc3)C2=O)n1. The summed E-state index contributed by atoms with van der Waals surface area (Å²) in [6.45, 7) is 3.67. The number of hydrogen-bond acceptors (Lipinski definition) is 6. The molecule has 0 spiro atoms. The Labute approximate surface area is 137 Å². The Morgan fingerprint density at radius 1 is 1.12 bits per heavy atom. The van der Waals surface area contributed by atoms with Gasteiger partial charge in [0.1, 0.15) is 11.9 Å². The number of halogens is 1. The van der Waals surface area contributed by atoms with E-state index in [4.69, 9.17) is 0 Å². The first-order chi connectivity index (χ1) is 11.4. The molecule has 1 aliphatic rings. The fraction of sp³-hybridized carbons (Fsp3) is 0.250. The summed E-state index contributed by atoms with van der Waals surface area (Å²) < 4.78 is 13.0. The molecule has 3 rings (SSSR count). The van der Waals surface area contributed by atoms with E-state index in [0.717, 1.165) is 16.3 Å². The Balaban J connectivity index is 1.71. The van der Waals surface area contributed by atoms with E-state index in [1.54, 1.807) is 0 Å². The summed E-state index contributed by atoms with van der Waals surface area (Å²) in [5.74, 6) is -0.870. The summed E-state index contributed by atoms with van der Waals surface area (Å²) in [6.07, 6.45) is -0.00594. The van der Waals surface area contributed by atoms with Gasteiger partial charge in [-0.2, -0.15) is 0 Å². The van der Waals surface area contributed by atoms with Gasteiger partial charge in [-0.1, -0.05) is 0 Å². The van der Waals surface area contributed by atoms with Crippen LogP contribution in [0.4, 0.5) is 16.0 Å². The van der Waals surface area contributed by atoms with Crippen molar-refractivity contribution >= 4 is 23.5 Å². The molecule has 1 aromatic carbocycles. The van der Waals surface area contributed by atoms with E-state index in [0.29, 0.717) is 11.6 Å². The van der Waals surface area contributed by atoms with Crippen molar-refractivity contribution in [3.63, 3.8) is 0 Å². The number of amides is 2. The van der Waals surface area contributed by atoms with Crippen LogP contribution in [0.5, 0.6) is 0 Å². The number of carbonyl (C=O) groups excluding carboxylic acids is 2. The van der Waals surface area contributed by atoms with Gasteiger partial charge in [0.2, 0.25) is 11.9 Å². The first-order valence-electron chi connectivity index (χ1n) is 7.40. The molecule has 0 saturated carbocycles. The molecule has 0 bridgehead atoms. The van der Waals surface area contributed by atoms with Crippen molar-refractivity contribution < 1.29 is 14.0 Å². The molecule has 1 unspecified atom stereocenters. The van der Waals surface area contributed by atoms with Crippen molar-refractivity contribution in [1.82, 2.24) is 15.4 Å². The van der Waals surface area contributed by atoms with Gasteiger partial charge >= 0.3 is 0 Å². The van der Waals surface area contributed by atoms with Gasteiger partial charge < -0.3 is 0 Å². The molecule has 1 aromatic heterocycles. The molecule has 2 aromatic rings. The van der Waals surface area contributed by atoms with Crippen molar-refractivity contribution in [2.24, 2.45) is 0 Å². The zero-order valence-electron chi connectivity index (χ0n) is 13.2. The van der Waals surface area contributed by atoms with E-state index in [1.165, 1.54) is 24.3 Å². The summed E-state index contributed by atoms with van der Waals surface area (Å²) in [7, 11) is 0. The molecule has 24 heavy (non-hydrogen) atoms. The van der Waals surface area contributed by atoms with Crippen LogP contribution in [0.3, 0.4) is 0 Å². The van der Waals surface area contributed by atoms with Crippen LogP contribution in [0.15, 0.2) is 30.3 Å². The van der Waals surface area contributed by atoms with Gasteiger partial charge in [-0.3, -0.25) is 15.0 Å². The van der Waals surface area contributed by atoms with E-state index >= 15 is 0 Å². The molecule has 2 heterocycles. The van der Waals surface area contributed by atoms with Crippen LogP contribution in [-0.2, 0) is 9.59 Å². The molecule has 0 aliphatic carbocycles. The first-order valence-corrected chi connectivity index (χ1v) is 7.40. The minimum atomic E-state index is -0.744. The summed E-state index contributed by atoms with van der Waals surface area (Å²) in [5, 5.41) is 0. The number of benzene rings is 1. The Morgan fingerprint density at radius 2 is 1.75 bits per heavy atom. The van der Waals surface area contributed by atoms with Gasteiger partial charge in [0, 0.05) is 11.4 Å². The molecular weight excluding hydrogens is 313 g/mol. The lowest BCUT2D eigenvalue weighted by atomic mass is 10.2. The highest BCUT2D eigenvalue weighted by molar-refractivity contribution is 6.22. The Hall–Kier alpha value is -2.87. The predicted octanol–water partition coefficient (Wildman–Crippen LogP) is 1.48. The molecule has 2 amide bonds. The average Bonchev–Trinajstić information content (AvgIpc) is 2.80. The normalized spacial score (nSPS) is 17.5. The molecule has 1 fully saturated rings. The second-order valence-corrected chi connectivity index (χ2v) is 5.54. The number of anilines is 2. The maximum atomic E-state index is 13.0. The number of nitrogens with zero attached hydrogens (tertiary/aromatic N) is 3. The number of nitrogens with one attached hydrogen (secondary N) is 2. The highest BCUT2D eigenvalue weighted by atomic mass is 19.1. The average molecular weight is 329 g/mol. The number of imide groups is 1. The van der Waals surface area contributed by atoms with Crippen molar-refractivity contribution in [2.45, 2.75) is 26.3 Å². The van der Waals surface area contributed by atoms with E-state index in [9.17, 15) is 14.0 Å².